The van der Waals surface area contributed by atoms with Crippen molar-refractivity contribution in [2.75, 3.05) is 0 Å². The second kappa shape index (κ2) is 5.10. The summed E-state index contributed by atoms with van der Waals surface area (Å²) in [6.45, 7) is 9.52. The predicted molar refractivity (Wildman–Crippen MR) is 96.0 cm³/mol. The molecule has 0 amide bonds. The fourth-order valence-corrected chi connectivity index (χ4v) is 7.84. The normalized spacial score (nSPS) is 55.4. The first-order valence-electron chi connectivity index (χ1n) is 10.2. The maximum absolute atomic E-state index is 11.5. The molecule has 3 fully saturated rings. The quantitative estimate of drug-likeness (QED) is 0.626. The van der Waals surface area contributed by atoms with Gasteiger partial charge in [0.1, 0.15) is 0 Å². The molecule has 0 aliphatic heterocycles. The third-order valence-electron chi connectivity index (χ3n) is 9.38. The Morgan fingerprint density at radius 3 is 2.43 bits per heavy atom. The van der Waals surface area contributed by atoms with Crippen molar-refractivity contribution < 1.29 is 5.11 Å². The van der Waals surface area contributed by atoms with Crippen LogP contribution in [0, 0.1) is 40.4 Å². The van der Waals surface area contributed by atoms with Crippen LogP contribution in [0.5, 0.6) is 0 Å². The lowest BCUT2D eigenvalue weighted by Crippen LogP contribution is -2.57. The van der Waals surface area contributed by atoms with Gasteiger partial charge in [0.25, 0.3) is 0 Å². The Bertz CT molecular complexity index is 508. The van der Waals surface area contributed by atoms with E-state index in [-0.39, 0.29) is 5.41 Å². The Kier molecular flexibility index (Phi) is 3.59. The molecule has 7 atom stereocenters. The molecule has 23 heavy (non-hydrogen) atoms. The molecule has 4 aliphatic carbocycles. The maximum atomic E-state index is 11.5. The zero-order chi connectivity index (χ0) is 16.5. The van der Waals surface area contributed by atoms with Crippen LogP contribution in [-0.4, -0.2) is 10.7 Å². The molecule has 0 radical (unpaired) electrons. The Labute approximate surface area is 142 Å². The van der Waals surface area contributed by atoms with Crippen molar-refractivity contribution >= 4 is 0 Å². The van der Waals surface area contributed by atoms with E-state index in [0.717, 1.165) is 30.1 Å². The summed E-state index contributed by atoms with van der Waals surface area (Å²) in [5.41, 5.74) is 0.278. The highest BCUT2D eigenvalue weighted by Crippen LogP contribution is 2.68. The first-order chi connectivity index (χ1) is 10.8. The van der Waals surface area contributed by atoms with Crippen molar-refractivity contribution in [1.29, 1.82) is 0 Å². The van der Waals surface area contributed by atoms with Crippen LogP contribution in [0.25, 0.3) is 0 Å². The summed E-state index contributed by atoms with van der Waals surface area (Å²) in [5.74, 6) is 3.84. The molecule has 0 heterocycles. The van der Waals surface area contributed by atoms with Crippen LogP contribution < -0.4 is 0 Å². The van der Waals surface area contributed by atoms with Crippen molar-refractivity contribution in [2.45, 2.75) is 84.7 Å². The van der Waals surface area contributed by atoms with Crippen LogP contribution in [-0.2, 0) is 0 Å². The number of fused-ring (bicyclic) bond motifs is 5. The molecule has 0 aromatic carbocycles. The molecule has 1 N–H and O–H groups in total. The number of allylic oxidation sites excluding steroid dienone is 2. The second-order valence-electron chi connectivity index (χ2n) is 10.1. The number of hydrogen-bond acceptors (Lipinski definition) is 1. The van der Waals surface area contributed by atoms with Crippen molar-refractivity contribution in [2.24, 2.45) is 40.4 Å². The summed E-state index contributed by atoms with van der Waals surface area (Å²) in [7, 11) is 0. The monoisotopic (exact) mass is 316 g/mol. The average molecular weight is 317 g/mol. The van der Waals surface area contributed by atoms with Crippen molar-refractivity contribution in [3.05, 3.63) is 12.2 Å². The van der Waals surface area contributed by atoms with E-state index in [2.05, 4.69) is 39.8 Å². The maximum Gasteiger partial charge on any atom is 0.0726 e. The molecule has 130 valence electrons. The lowest BCUT2D eigenvalue weighted by Gasteiger charge is -2.61. The smallest absolute Gasteiger partial charge is 0.0726 e. The highest BCUT2D eigenvalue weighted by molar-refractivity contribution is 5.16. The molecular weight excluding hydrogens is 280 g/mol. The Hall–Kier alpha value is -0.300. The zero-order valence-electron chi connectivity index (χ0n) is 15.6. The van der Waals surface area contributed by atoms with E-state index in [1.807, 2.05) is 0 Å². The van der Waals surface area contributed by atoms with Gasteiger partial charge >= 0.3 is 0 Å². The molecule has 1 heteroatoms. The third-order valence-corrected chi connectivity index (χ3v) is 9.38. The van der Waals surface area contributed by atoms with Gasteiger partial charge in [0.15, 0.2) is 0 Å². The lowest BCUT2D eigenvalue weighted by molar-refractivity contribution is -0.160. The number of aliphatic hydroxyl groups is 1. The molecule has 0 saturated heterocycles. The summed E-state index contributed by atoms with van der Waals surface area (Å²) in [6.07, 6.45) is 15.3. The van der Waals surface area contributed by atoms with Gasteiger partial charge in [0.05, 0.1) is 5.60 Å². The van der Waals surface area contributed by atoms with Gasteiger partial charge in [-0.3, -0.25) is 0 Å². The number of hydrogen-bond donors (Lipinski definition) is 1. The lowest BCUT2D eigenvalue weighted by atomic mass is 9.44. The molecule has 0 bridgehead atoms. The SMILES string of the molecule is CC(C)[C@]1(O)CC[C@H]2[C@@H]3CC[C@@H]4CC=CC[C@]4(C)[C@H]3CC[C@@]21C. The van der Waals surface area contributed by atoms with Crippen LogP contribution in [0.15, 0.2) is 12.2 Å². The van der Waals surface area contributed by atoms with E-state index >= 15 is 0 Å². The molecule has 1 nitrogen and oxygen atoms in total. The molecule has 0 aromatic rings. The standard InChI is InChI=1S/C22H36O/c1-15(2)22(23)14-11-19-17-9-8-16-7-5-6-12-20(16,3)18(17)10-13-21(19,22)4/h5-6,15-19,23H,7-14H2,1-4H3/t16-,17+,18-,19-,20-,21-,22+/m0/s1. The van der Waals surface area contributed by atoms with E-state index in [4.69, 9.17) is 0 Å². The first-order valence-corrected chi connectivity index (χ1v) is 10.2. The second-order valence-corrected chi connectivity index (χ2v) is 10.1. The van der Waals surface area contributed by atoms with Crippen molar-refractivity contribution in [3.8, 4) is 0 Å². The topological polar surface area (TPSA) is 20.2 Å². The fraction of sp³-hybridized carbons (Fsp3) is 0.909. The van der Waals surface area contributed by atoms with Crippen LogP contribution >= 0.6 is 0 Å². The summed E-state index contributed by atoms with van der Waals surface area (Å²) < 4.78 is 0. The minimum Gasteiger partial charge on any atom is -0.389 e. The van der Waals surface area contributed by atoms with Gasteiger partial charge < -0.3 is 5.11 Å². The van der Waals surface area contributed by atoms with Crippen LogP contribution in [0.4, 0.5) is 0 Å². The minimum atomic E-state index is -0.424. The van der Waals surface area contributed by atoms with Gasteiger partial charge in [-0.05, 0) is 91.8 Å². The molecule has 4 rings (SSSR count). The highest BCUT2D eigenvalue weighted by atomic mass is 16.3. The summed E-state index contributed by atoms with van der Waals surface area (Å²) in [6, 6.07) is 0. The van der Waals surface area contributed by atoms with E-state index in [1.54, 1.807) is 0 Å². The van der Waals surface area contributed by atoms with E-state index in [0.29, 0.717) is 11.3 Å². The van der Waals surface area contributed by atoms with E-state index < -0.39 is 5.60 Å². The average Bonchev–Trinajstić information content (AvgIpc) is 2.80. The summed E-state index contributed by atoms with van der Waals surface area (Å²) in [5, 5.41) is 11.5. The largest absolute Gasteiger partial charge is 0.389 e. The molecule has 0 spiro atoms. The van der Waals surface area contributed by atoms with Gasteiger partial charge in [-0.25, -0.2) is 0 Å². The molecule has 4 aliphatic rings. The van der Waals surface area contributed by atoms with E-state index in [1.165, 1.54) is 44.9 Å². The van der Waals surface area contributed by atoms with Gasteiger partial charge in [0.2, 0.25) is 0 Å². The van der Waals surface area contributed by atoms with Crippen molar-refractivity contribution in [1.82, 2.24) is 0 Å². The number of rotatable bonds is 1. The molecule has 0 aromatic heterocycles. The predicted octanol–water partition coefficient (Wildman–Crippen LogP) is 5.58. The van der Waals surface area contributed by atoms with Crippen LogP contribution in [0.1, 0.15) is 79.1 Å². The minimum absolute atomic E-state index is 0.163. The Morgan fingerprint density at radius 2 is 1.70 bits per heavy atom. The Morgan fingerprint density at radius 1 is 0.957 bits per heavy atom. The molecular formula is C22H36O. The first kappa shape index (κ1) is 16.2. The van der Waals surface area contributed by atoms with Crippen LogP contribution in [0.2, 0.25) is 0 Å². The van der Waals surface area contributed by atoms with E-state index in [9.17, 15) is 5.11 Å². The van der Waals surface area contributed by atoms with Crippen LogP contribution in [0.3, 0.4) is 0 Å². The molecule has 0 unspecified atom stereocenters. The zero-order valence-corrected chi connectivity index (χ0v) is 15.6. The highest BCUT2D eigenvalue weighted by Gasteiger charge is 2.64. The molecule has 3 saturated carbocycles. The van der Waals surface area contributed by atoms with Gasteiger partial charge in [0, 0.05) is 0 Å². The van der Waals surface area contributed by atoms with Gasteiger partial charge in [-0.2, -0.15) is 0 Å². The fourth-order valence-electron chi connectivity index (χ4n) is 7.84. The van der Waals surface area contributed by atoms with Gasteiger partial charge in [-0.15, -0.1) is 0 Å². The third kappa shape index (κ3) is 1.95. The summed E-state index contributed by atoms with van der Waals surface area (Å²) in [4.78, 5) is 0. The van der Waals surface area contributed by atoms with Crippen molar-refractivity contribution in [3.63, 3.8) is 0 Å². The van der Waals surface area contributed by atoms with Gasteiger partial charge in [-0.1, -0.05) is 39.8 Å². The summed E-state index contributed by atoms with van der Waals surface area (Å²) >= 11 is 0. The Balaban J connectivity index is 1.67.